The molecule has 0 saturated carbocycles. The molecule has 2 aromatic rings. The molecule has 1 aromatic carbocycles. The lowest BCUT2D eigenvalue weighted by molar-refractivity contribution is 0.947. The second kappa shape index (κ2) is 3.81. The molecular formula is C9H7N3S2. The third kappa shape index (κ3) is 1.78. The van der Waals surface area contributed by atoms with Gasteiger partial charge in [-0.1, -0.05) is 42.5 Å². The first-order valence-corrected chi connectivity index (χ1v) is 4.83. The average Bonchev–Trinajstić information content (AvgIpc) is 2.19. The van der Waals surface area contributed by atoms with E-state index in [1.807, 2.05) is 30.3 Å². The number of nitrogens with zero attached hydrogens (tertiary/aromatic N) is 1. The van der Waals surface area contributed by atoms with Crippen molar-refractivity contribution in [3.05, 3.63) is 39.7 Å². The van der Waals surface area contributed by atoms with Crippen molar-refractivity contribution < 1.29 is 0 Å². The minimum Gasteiger partial charge on any atom is -0.320 e. The van der Waals surface area contributed by atoms with Gasteiger partial charge in [-0.3, -0.25) is 5.10 Å². The average molecular weight is 221 g/mol. The molecule has 1 aromatic heterocycles. The SMILES string of the molecule is S=c1[nH]nc(-c2ccccc2)c(=S)[nH]1. The lowest BCUT2D eigenvalue weighted by atomic mass is 10.2. The zero-order valence-electron chi connectivity index (χ0n) is 7.15. The maximum absolute atomic E-state index is 5.12. The first-order valence-electron chi connectivity index (χ1n) is 4.02. The second-order valence-corrected chi connectivity index (χ2v) is 3.54. The van der Waals surface area contributed by atoms with E-state index in [1.165, 1.54) is 0 Å². The van der Waals surface area contributed by atoms with E-state index >= 15 is 0 Å². The van der Waals surface area contributed by atoms with Gasteiger partial charge in [-0.2, -0.15) is 5.10 Å². The van der Waals surface area contributed by atoms with Crippen molar-refractivity contribution in [2.75, 3.05) is 0 Å². The minimum absolute atomic E-state index is 0.440. The summed E-state index contributed by atoms with van der Waals surface area (Å²) in [5.74, 6) is 0. The van der Waals surface area contributed by atoms with Crippen molar-refractivity contribution in [1.29, 1.82) is 0 Å². The highest BCUT2D eigenvalue weighted by molar-refractivity contribution is 7.72. The van der Waals surface area contributed by atoms with E-state index in [1.54, 1.807) is 0 Å². The van der Waals surface area contributed by atoms with E-state index in [-0.39, 0.29) is 0 Å². The number of aromatic nitrogens is 3. The molecular weight excluding hydrogens is 214 g/mol. The molecule has 0 atom stereocenters. The molecule has 0 aliphatic carbocycles. The lowest BCUT2D eigenvalue weighted by Gasteiger charge is -1.98. The second-order valence-electron chi connectivity index (χ2n) is 2.72. The minimum atomic E-state index is 0.440. The predicted octanol–water partition coefficient (Wildman–Crippen LogP) is 2.86. The van der Waals surface area contributed by atoms with E-state index in [4.69, 9.17) is 24.4 Å². The summed E-state index contributed by atoms with van der Waals surface area (Å²) < 4.78 is 0.995. The summed E-state index contributed by atoms with van der Waals surface area (Å²) in [5, 5.41) is 6.77. The Morgan fingerprint density at radius 1 is 1.07 bits per heavy atom. The van der Waals surface area contributed by atoms with Crippen LogP contribution in [0.1, 0.15) is 0 Å². The predicted molar refractivity (Wildman–Crippen MR) is 60.0 cm³/mol. The first-order chi connectivity index (χ1) is 6.77. The highest BCUT2D eigenvalue weighted by Crippen LogP contribution is 2.14. The molecule has 70 valence electrons. The van der Waals surface area contributed by atoms with Gasteiger partial charge in [0.2, 0.25) is 0 Å². The van der Waals surface area contributed by atoms with Gasteiger partial charge in [0.25, 0.3) is 0 Å². The number of aromatic amines is 2. The van der Waals surface area contributed by atoms with Crippen LogP contribution in [0, 0.1) is 9.41 Å². The van der Waals surface area contributed by atoms with Crippen molar-refractivity contribution >= 4 is 24.4 Å². The Morgan fingerprint density at radius 2 is 1.79 bits per heavy atom. The monoisotopic (exact) mass is 221 g/mol. The van der Waals surface area contributed by atoms with E-state index in [0.29, 0.717) is 15.1 Å². The molecule has 0 radical (unpaired) electrons. The molecule has 0 amide bonds. The molecule has 0 saturated heterocycles. The summed E-state index contributed by atoms with van der Waals surface area (Å²) in [6.45, 7) is 0. The summed E-state index contributed by atoms with van der Waals surface area (Å²) in [5.41, 5.74) is 1.69. The molecule has 2 rings (SSSR count). The third-order valence-corrected chi connectivity index (χ3v) is 2.25. The van der Waals surface area contributed by atoms with Crippen molar-refractivity contribution in [1.82, 2.24) is 15.2 Å². The number of benzene rings is 1. The Kier molecular flexibility index (Phi) is 2.51. The van der Waals surface area contributed by atoms with Gasteiger partial charge in [-0.25, -0.2) is 0 Å². The Labute approximate surface area is 90.8 Å². The van der Waals surface area contributed by atoms with Crippen molar-refractivity contribution in [2.45, 2.75) is 0 Å². The first kappa shape index (κ1) is 9.23. The van der Waals surface area contributed by atoms with Crippen LogP contribution in [0.5, 0.6) is 0 Å². The van der Waals surface area contributed by atoms with Crippen LogP contribution in [0.4, 0.5) is 0 Å². The number of hydrogen-bond acceptors (Lipinski definition) is 3. The molecule has 0 spiro atoms. The molecule has 0 aliphatic rings. The van der Waals surface area contributed by atoms with Crippen LogP contribution in [0.3, 0.4) is 0 Å². The van der Waals surface area contributed by atoms with Crippen molar-refractivity contribution in [3.8, 4) is 11.3 Å². The van der Waals surface area contributed by atoms with Gasteiger partial charge in [-0.05, 0) is 12.2 Å². The highest BCUT2D eigenvalue weighted by Gasteiger charge is 1.99. The van der Waals surface area contributed by atoms with Gasteiger partial charge in [0, 0.05) is 5.56 Å². The normalized spacial score (nSPS) is 10.0. The maximum atomic E-state index is 5.12. The Morgan fingerprint density at radius 3 is 2.43 bits per heavy atom. The fraction of sp³-hybridized carbons (Fsp3) is 0. The van der Waals surface area contributed by atoms with Crippen LogP contribution in [-0.2, 0) is 0 Å². The van der Waals surface area contributed by atoms with Crippen molar-refractivity contribution in [2.24, 2.45) is 0 Å². The smallest absolute Gasteiger partial charge is 0.192 e. The molecule has 1 heterocycles. The van der Waals surface area contributed by atoms with Gasteiger partial charge >= 0.3 is 0 Å². The van der Waals surface area contributed by atoms with Crippen LogP contribution in [0.2, 0.25) is 0 Å². The van der Waals surface area contributed by atoms with Gasteiger partial charge < -0.3 is 4.98 Å². The molecule has 0 aliphatic heterocycles. The molecule has 2 N–H and O–H groups in total. The summed E-state index contributed by atoms with van der Waals surface area (Å²) in [6, 6.07) is 9.72. The fourth-order valence-corrected chi connectivity index (χ4v) is 1.62. The van der Waals surface area contributed by atoms with E-state index in [9.17, 15) is 0 Å². The number of hydrogen-bond donors (Lipinski definition) is 2. The van der Waals surface area contributed by atoms with Crippen LogP contribution < -0.4 is 0 Å². The summed E-state index contributed by atoms with van der Waals surface area (Å²) >= 11 is 9.99. The molecule has 14 heavy (non-hydrogen) atoms. The molecule has 5 heteroatoms. The van der Waals surface area contributed by atoms with Crippen LogP contribution >= 0.6 is 24.4 Å². The topological polar surface area (TPSA) is 44.5 Å². The van der Waals surface area contributed by atoms with Gasteiger partial charge in [0.05, 0.1) is 0 Å². The van der Waals surface area contributed by atoms with E-state index < -0.39 is 0 Å². The van der Waals surface area contributed by atoms with Gasteiger partial charge in [0.15, 0.2) is 4.77 Å². The zero-order valence-corrected chi connectivity index (χ0v) is 8.78. The summed E-state index contributed by atoms with van der Waals surface area (Å²) in [7, 11) is 0. The Balaban J connectivity index is 2.64. The molecule has 3 nitrogen and oxygen atoms in total. The van der Waals surface area contributed by atoms with Crippen LogP contribution in [0.25, 0.3) is 11.3 Å². The standard InChI is InChI=1S/C9H7N3S2/c13-8-7(11-12-9(14)10-8)6-4-2-1-3-5-6/h1-5H,(H2,10,12,13,14). The number of rotatable bonds is 1. The van der Waals surface area contributed by atoms with Gasteiger partial charge in [-0.15, -0.1) is 0 Å². The summed E-state index contributed by atoms with van der Waals surface area (Å²) in [4.78, 5) is 2.85. The Hall–Kier alpha value is -1.33. The maximum Gasteiger partial charge on any atom is 0.192 e. The Bertz CT molecular complexity index is 542. The van der Waals surface area contributed by atoms with Crippen molar-refractivity contribution in [3.63, 3.8) is 0 Å². The molecule has 0 bridgehead atoms. The number of nitrogens with one attached hydrogen (secondary N) is 2. The van der Waals surface area contributed by atoms with E-state index in [2.05, 4.69) is 15.2 Å². The third-order valence-electron chi connectivity index (χ3n) is 1.76. The van der Waals surface area contributed by atoms with E-state index in [0.717, 1.165) is 5.56 Å². The molecule has 0 unspecified atom stereocenters. The highest BCUT2D eigenvalue weighted by atomic mass is 32.1. The quantitative estimate of drug-likeness (QED) is 0.728. The largest absolute Gasteiger partial charge is 0.320 e. The summed E-state index contributed by atoms with van der Waals surface area (Å²) in [6.07, 6.45) is 0. The fourth-order valence-electron chi connectivity index (χ4n) is 1.14. The van der Waals surface area contributed by atoms with Crippen LogP contribution in [-0.4, -0.2) is 15.2 Å². The zero-order chi connectivity index (χ0) is 9.97. The molecule has 0 fully saturated rings. The number of H-pyrrole nitrogens is 2. The van der Waals surface area contributed by atoms with Gasteiger partial charge in [0.1, 0.15) is 10.3 Å². The lowest BCUT2D eigenvalue weighted by Crippen LogP contribution is -1.92. The van der Waals surface area contributed by atoms with Crippen LogP contribution in [0.15, 0.2) is 30.3 Å².